The Kier molecular flexibility index (Phi) is 7.23. The van der Waals surface area contributed by atoms with E-state index in [-0.39, 0.29) is 17.1 Å². The second-order valence-corrected chi connectivity index (χ2v) is 8.50. The lowest BCUT2D eigenvalue weighted by molar-refractivity contribution is -0.145. The van der Waals surface area contributed by atoms with E-state index >= 15 is 0 Å². The standard InChI is InChI=1S/C18H23N5O5S/c1-13-6-7-14(10-15(13)29(26,27)22(2)3)21-16(24)12-28-17(25)11-23(4)18-19-8-5-9-20-18/h5-10H,11-12H2,1-4H3,(H,21,24). The number of likely N-dealkylation sites (N-methyl/N-ethyl adjacent to an activating group) is 1. The van der Waals surface area contributed by atoms with E-state index in [4.69, 9.17) is 4.74 Å². The molecular weight excluding hydrogens is 398 g/mol. The minimum Gasteiger partial charge on any atom is -0.454 e. The van der Waals surface area contributed by atoms with E-state index in [9.17, 15) is 18.0 Å². The van der Waals surface area contributed by atoms with Gasteiger partial charge >= 0.3 is 5.97 Å². The number of hydrogen-bond donors (Lipinski definition) is 1. The van der Waals surface area contributed by atoms with Crippen molar-refractivity contribution in [1.82, 2.24) is 14.3 Å². The van der Waals surface area contributed by atoms with E-state index in [1.807, 2.05) is 0 Å². The van der Waals surface area contributed by atoms with Gasteiger partial charge in [-0.3, -0.25) is 9.59 Å². The first-order valence-electron chi connectivity index (χ1n) is 8.58. The number of benzene rings is 1. The van der Waals surface area contributed by atoms with Crippen LogP contribution in [0.1, 0.15) is 5.56 Å². The lowest BCUT2D eigenvalue weighted by Crippen LogP contribution is -2.30. The van der Waals surface area contributed by atoms with E-state index < -0.39 is 28.5 Å². The SMILES string of the molecule is Cc1ccc(NC(=O)COC(=O)CN(C)c2ncccn2)cc1S(=O)(=O)N(C)C. The van der Waals surface area contributed by atoms with Crippen LogP contribution in [-0.2, 0) is 24.3 Å². The summed E-state index contributed by atoms with van der Waals surface area (Å²) in [5.41, 5.74) is 0.834. The maximum absolute atomic E-state index is 12.4. The summed E-state index contributed by atoms with van der Waals surface area (Å²) in [7, 11) is 0.824. The third-order valence-corrected chi connectivity index (χ3v) is 5.81. The zero-order valence-corrected chi connectivity index (χ0v) is 17.4. The third kappa shape index (κ3) is 5.96. The molecule has 0 saturated carbocycles. The number of nitrogens with zero attached hydrogens (tertiary/aromatic N) is 4. The van der Waals surface area contributed by atoms with Crippen LogP contribution in [0.2, 0.25) is 0 Å². The molecule has 29 heavy (non-hydrogen) atoms. The van der Waals surface area contributed by atoms with Crippen molar-refractivity contribution in [3.05, 3.63) is 42.2 Å². The summed E-state index contributed by atoms with van der Waals surface area (Å²) in [6.45, 7) is 1.02. The number of ether oxygens (including phenoxy) is 1. The molecule has 2 aromatic rings. The predicted molar refractivity (Wildman–Crippen MR) is 107 cm³/mol. The van der Waals surface area contributed by atoms with Gasteiger partial charge in [0.05, 0.1) is 4.90 Å². The summed E-state index contributed by atoms with van der Waals surface area (Å²) in [4.78, 5) is 33.6. The Morgan fingerprint density at radius 1 is 1.14 bits per heavy atom. The number of anilines is 2. The van der Waals surface area contributed by atoms with Gasteiger partial charge in [0.15, 0.2) is 6.61 Å². The molecule has 11 heteroatoms. The molecule has 0 bridgehead atoms. The van der Waals surface area contributed by atoms with Gasteiger partial charge < -0.3 is 15.0 Å². The summed E-state index contributed by atoms with van der Waals surface area (Å²) < 4.78 is 30.8. The highest BCUT2D eigenvalue weighted by molar-refractivity contribution is 7.89. The predicted octanol–water partition coefficient (Wildman–Crippen LogP) is 0.653. The molecule has 0 radical (unpaired) electrons. The number of aromatic nitrogens is 2. The molecule has 0 fully saturated rings. The number of carbonyl (C=O) groups is 2. The highest BCUT2D eigenvalue weighted by Gasteiger charge is 2.20. The minimum absolute atomic E-state index is 0.0850. The third-order valence-electron chi connectivity index (χ3n) is 3.85. The van der Waals surface area contributed by atoms with Crippen LogP contribution in [-0.4, -0.2) is 68.9 Å². The van der Waals surface area contributed by atoms with Gasteiger partial charge in [-0.25, -0.2) is 22.7 Å². The van der Waals surface area contributed by atoms with Gasteiger partial charge in [-0.1, -0.05) is 6.07 Å². The van der Waals surface area contributed by atoms with Crippen LogP contribution in [0.3, 0.4) is 0 Å². The second-order valence-electron chi connectivity index (χ2n) is 6.38. The van der Waals surface area contributed by atoms with Gasteiger partial charge in [-0.05, 0) is 30.7 Å². The van der Waals surface area contributed by atoms with Crippen molar-refractivity contribution in [2.45, 2.75) is 11.8 Å². The van der Waals surface area contributed by atoms with Gasteiger partial charge in [0.1, 0.15) is 6.54 Å². The summed E-state index contributed by atoms with van der Waals surface area (Å²) in [5, 5.41) is 2.52. The molecule has 10 nitrogen and oxygen atoms in total. The number of amides is 1. The number of esters is 1. The van der Waals surface area contributed by atoms with Gasteiger partial charge in [0, 0.05) is 39.2 Å². The molecule has 1 amide bonds. The van der Waals surface area contributed by atoms with E-state index in [2.05, 4.69) is 15.3 Å². The molecule has 0 unspecified atom stereocenters. The normalized spacial score (nSPS) is 11.2. The average molecular weight is 421 g/mol. The summed E-state index contributed by atoms with van der Waals surface area (Å²) >= 11 is 0. The maximum Gasteiger partial charge on any atom is 0.326 e. The Bertz CT molecular complexity index is 979. The van der Waals surface area contributed by atoms with Gasteiger partial charge in [-0.2, -0.15) is 0 Å². The van der Waals surface area contributed by atoms with E-state index in [0.29, 0.717) is 11.5 Å². The molecule has 0 spiro atoms. The Labute approximate surface area is 169 Å². The molecule has 0 aliphatic rings. The number of nitrogens with one attached hydrogen (secondary N) is 1. The molecule has 0 aliphatic heterocycles. The second kappa shape index (κ2) is 9.43. The van der Waals surface area contributed by atoms with Gasteiger partial charge in [0.2, 0.25) is 16.0 Å². The van der Waals surface area contributed by atoms with Crippen LogP contribution in [0.15, 0.2) is 41.6 Å². The Morgan fingerprint density at radius 2 is 1.79 bits per heavy atom. The molecule has 1 heterocycles. The van der Waals surface area contributed by atoms with Crippen LogP contribution in [0.5, 0.6) is 0 Å². The maximum atomic E-state index is 12.4. The fraction of sp³-hybridized carbons (Fsp3) is 0.333. The Hall–Kier alpha value is -3.05. The van der Waals surface area contributed by atoms with Crippen molar-refractivity contribution in [2.75, 3.05) is 44.5 Å². The fourth-order valence-electron chi connectivity index (χ4n) is 2.29. The molecule has 1 aromatic heterocycles. The van der Waals surface area contributed by atoms with Crippen LogP contribution in [0.25, 0.3) is 0 Å². The number of hydrogen-bond acceptors (Lipinski definition) is 8. The molecule has 2 rings (SSSR count). The van der Waals surface area contributed by atoms with Crippen LogP contribution in [0, 0.1) is 6.92 Å². The summed E-state index contributed by atoms with van der Waals surface area (Å²) in [5.74, 6) is -0.868. The van der Waals surface area contributed by atoms with Crippen molar-refractivity contribution in [3.63, 3.8) is 0 Å². The van der Waals surface area contributed by atoms with E-state index in [1.54, 1.807) is 44.6 Å². The van der Waals surface area contributed by atoms with Gasteiger partial charge in [-0.15, -0.1) is 0 Å². The Balaban J connectivity index is 1.93. The molecule has 0 saturated heterocycles. The lowest BCUT2D eigenvalue weighted by Gasteiger charge is -2.16. The first kappa shape index (κ1) is 22.2. The molecular formula is C18H23N5O5S. The van der Waals surface area contributed by atoms with Crippen LogP contribution in [0.4, 0.5) is 11.6 Å². The van der Waals surface area contributed by atoms with Crippen molar-refractivity contribution >= 4 is 33.5 Å². The zero-order chi connectivity index (χ0) is 21.6. The molecule has 0 aliphatic carbocycles. The highest BCUT2D eigenvalue weighted by Crippen LogP contribution is 2.22. The quantitative estimate of drug-likeness (QED) is 0.617. The number of rotatable bonds is 8. The Morgan fingerprint density at radius 3 is 2.41 bits per heavy atom. The van der Waals surface area contributed by atoms with Crippen molar-refractivity contribution < 1.29 is 22.7 Å². The fourth-order valence-corrected chi connectivity index (χ4v) is 3.44. The number of aryl methyl sites for hydroxylation is 1. The van der Waals surface area contributed by atoms with Crippen molar-refractivity contribution in [2.24, 2.45) is 0 Å². The van der Waals surface area contributed by atoms with Gasteiger partial charge in [0.25, 0.3) is 5.91 Å². The van der Waals surface area contributed by atoms with Crippen molar-refractivity contribution in [1.29, 1.82) is 0 Å². The van der Waals surface area contributed by atoms with Crippen LogP contribution >= 0.6 is 0 Å². The molecule has 1 N–H and O–H groups in total. The largest absolute Gasteiger partial charge is 0.454 e. The average Bonchev–Trinajstić information content (AvgIpc) is 2.68. The van der Waals surface area contributed by atoms with E-state index in [0.717, 1.165) is 4.31 Å². The summed E-state index contributed by atoms with van der Waals surface area (Å²) in [6.07, 6.45) is 3.09. The van der Waals surface area contributed by atoms with Crippen molar-refractivity contribution in [3.8, 4) is 0 Å². The molecule has 156 valence electrons. The minimum atomic E-state index is -3.65. The first-order chi connectivity index (χ1) is 13.6. The highest BCUT2D eigenvalue weighted by atomic mass is 32.2. The number of sulfonamides is 1. The molecule has 0 atom stereocenters. The molecule has 1 aromatic carbocycles. The van der Waals surface area contributed by atoms with Crippen LogP contribution < -0.4 is 10.2 Å². The monoisotopic (exact) mass is 421 g/mol. The van der Waals surface area contributed by atoms with E-state index in [1.165, 1.54) is 25.1 Å². The lowest BCUT2D eigenvalue weighted by atomic mass is 10.2. The topological polar surface area (TPSA) is 122 Å². The zero-order valence-electron chi connectivity index (χ0n) is 16.6. The smallest absolute Gasteiger partial charge is 0.326 e. The number of carbonyl (C=O) groups excluding carboxylic acids is 2. The first-order valence-corrected chi connectivity index (χ1v) is 10.0. The summed E-state index contributed by atoms with van der Waals surface area (Å²) in [6, 6.07) is 6.18.